The lowest BCUT2D eigenvalue weighted by atomic mass is 9.83. The molecular weight excluding hydrogens is 206 g/mol. The van der Waals surface area contributed by atoms with Crippen molar-refractivity contribution in [3.05, 3.63) is 64.9 Å². The van der Waals surface area contributed by atoms with E-state index in [1.165, 1.54) is 27.8 Å². The minimum Gasteiger partial charge on any atom is -0.388 e. The number of aryl methyl sites for hydroxylation is 1. The maximum Gasteiger partial charge on any atom is 0.0344 e. The van der Waals surface area contributed by atoms with E-state index in [1.807, 2.05) is 7.05 Å². The van der Waals surface area contributed by atoms with E-state index in [2.05, 4.69) is 50.5 Å². The van der Waals surface area contributed by atoms with Crippen molar-refractivity contribution in [3.8, 4) is 0 Å². The molecule has 0 aromatic heterocycles. The van der Waals surface area contributed by atoms with Crippen LogP contribution in [0.3, 0.4) is 0 Å². The highest BCUT2D eigenvalue weighted by atomic mass is 14.8. The molecule has 0 fully saturated rings. The smallest absolute Gasteiger partial charge is 0.0344 e. The van der Waals surface area contributed by atoms with Crippen LogP contribution in [0.15, 0.2) is 42.6 Å². The average Bonchev–Trinajstić information content (AvgIpc) is 2.32. The van der Waals surface area contributed by atoms with Crippen LogP contribution in [0.25, 0.3) is 5.57 Å². The van der Waals surface area contributed by atoms with Crippen molar-refractivity contribution in [2.45, 2.75) is 20.3 Å². The van der Waals surface area contributed by atoms with E-state index in [1.54, 1.807) is 0 Å². The lowest BCUT2D eigenvalue weighted by Crippen LogP contribution is -2.12. The monoisotopic (exact) mass is 225 g/mol. The van der Waals surface area contributed by atoms with E-state index in [4.69, 9.17) is 0 Å². The molecule has 0 bridgehead atoms. The van der Waals surface area contributed by atoms with Gasteiger partial charge in [0.15, 0.2) is 0 Å². The van der Waals surface area contributed by atoms with Gasteiger partial charge in [-0.15, -0.1) is 0 Å². The van der Waals surface area contributed by atoms with Crippen LogP contribution in [-0.2, 0) is 6.42 Å². The largest absolute Gasteiger partial charge is 0.388 e. The molecule has 1 heteroatoms. The number of hydrogen-bond acceptors (Lipinski definition) is 1. The molecule has 1 aromatic rings. The van der Waals surface area contributed by atoms with E-state index in [0.29, 0.717) is 0 Å². The third-order valence-electron chi connectivity index (χ3n) is 3.48. The van der Waals surface area contributed by atoms with Gasteiger partial charge >= 0.3 is 0 Å². The van der Waals surface area contributed by atoms with Crippen LogP contribution in [0.2, 0.25) is 0 Å². The van der Waals surface area contributed by atoms with Gasteiger partial charge in [-0.1, -0.05) is 30.9 Å². The Hall–Kier alpha value is -1.76. The first-order chi connectivity index (χ1) is 8.04. The Kier molecular flexibility index (Phi) is 2.93. The Morgan fingerprint density at radius 3 is 2.65 bits per heavy atom. The summed E-state index contributed by atoms with van der Waals surface area (Å²) in [4.78, 5) is 0. The zero-order valence-electron chi connectivity index (χ0n) is 10.9. The summed E-state index contributed by atoms with van der Waals surface area (Å²) in [5.41, 5.74) is 8.64. The summed E-state index contributed by atoms with van der Waals surface area (Å²) in [6, 6.07) is 4.39. The van der Waals surface area contributed by atoms with E-state index < -0.39 is 0 Å². The van der Waals surface area contributed by atoms with Crippen molar-refractivity contribution in [1.29, 1.82) is 0 Å². The molecule has 0 atom stereocenters. The van der Waals surface area contributed by atoms with Gasteiger partial charge in [0.1, 0.15) is 0 Å². The molecule has 0 saturated heterocycles. The minimum absolute atomic E-state index is 0.941. The number of rotatable bonds is 2. The molecule has 1 nitrogen and oxygen atoms in total. The summed E-state index contributed by atoms with van der Waals surface area (Å²) in [5.74, 6) is 0. The van der Waals surface area contributed by atoms with Gasteiger partial charge in [0.05, 0.1) is 0 Å². The third-order valence-corrected chi connectivity index (χ3v) is 3.48. The fourth-order valence-electron chi connectivity index (χ4n) is 2.34. The van der Waals surface area contributed by atoms with E-state index in [-0.39, 0.29) is 0 Å². The number of benzene rings is 1. The lowest BCUT2D eigenvalue weighted by molar-refractivity contribution is 1.03. The highest BCUT2D eigenvalue weighted by molar-refractivity contribution is 5.85. The van der Waals surface area contributed by atoms with Gasteiger partial charge < -0.3 is 5.32 Å². The van der Waals surface area contributed by atoms with Gasteiger partial charge in [-0.2, -0.15) is 0 Å². The molecule has 0 heterocycles. The average molecular weight is 225 g/mol. The van der Waals surface area contributed by atoms with Gasteiger partial charge in [-0.3, -0.25) is 0 Å². The zero-order valence-corrected chi connectivity index (χ0v) is 10.9. The summed E-state index contributed by atoms with van der Waals surface area (Å²) in [5, 5.41) is 3.14. The fourth-order valence-corrected chi connectivity index (χ4v) is 2.34. The highest BCUT2D eigenvalue weighted by Crippen LogP contribution is 2.35. The summed E-state index contributed by atoms with van der Waals surface area (Å²) in [6.07, 6.45) is 3.09. The van der Waals surface area contributed by atoms with Gasteiger partial charge in [0, 0.05) is 18.3 Å². The Balaban J connectivity index is 2.67. The molecule has 1 N–H and O–H groups in total. The van der Waals surface area contributed by atoms with Gasteiger partial charge in [0.2, 0.25) is 0 Å². The molecule has 0 unspecified atom stereocenters. The number of nitrogens with one attached hydrogen (secondary N) is 1. The van der Waals surface area contributed by atoms with Crippen molar-refractivity contribution in [3.63, 3.8) is 0 Å². The van der Waals surface area contributed by atoms with Crippen LogP contribution in [0, 0.1) is 13.8 Å². The number of allylic oxidation sites excluding steroid dienone is 3. The summed E-state index contributed by atoms with van der Waals surface area (Å²) in [7, 11) is 1.91. The van der Waals surface area contributed by atoms with Crippen molar-refractivity contribution < 1.29 is 0 Å². The van der Waals surface area contributed by atoms with Crippen LogP contribution in [0.1, 0.15) is 22.3 Å². The molecule has 1 aromatic carbocycles. The molecule has 0 saturated carbocycles. The van der Waals surface area contributed by atoms with Crippen LogP contribution in [0.4, 0.5) is 0 Å². The number of likely N-dealkylation sites (N-methyl/N-ethyl adjacent to an activating group) is 1. The molecular formula is C16H19N. The topological polar surface area (TPSA) is 12.0 Å². The normalized spacial score (nSPS) is 14.1. The molecule has 0 spiro atoms. The Morgan fingerprint density at radius 2 is 2.00 bits per heavy atom. The fraction of sp³-hybridized carbons (Fsp3) is 0.250. The van der Waals surface area contributed by atoms with Gasteiger partial charge in [-0.05, 0) is 48.6 Å². The second kappa shape index (κ2) is 4.25. The van der Waals surface area contributed by atoms with Gasteiger partial charge in [0.25, 0.3) is 0 Å². The molecule has 0 aliphatic heterocycles. The standard InChI is InChI=1S/C16H19N/c1-10-8-14-7-6-11(2)12(3)16(14)15(9-10)13(4)17-5/h6-7,9,17H,1,4,8H2,2-3,5H3. The third kappa shape index (κ3) is 1.93. The number of fused-ring (bicyclic) bond motifs is 1. The zero-order chi connectivity index (χ0) is 12.6. The Morgan fingerprint density at radius 1 is 1.29 bits per heavy atom. The Labute approximate surface area is 104 Å². The summed E-state index contributed by atoms with van der Waals surface area (Å²) >= 11 is 0. The predicted octanol–water partition coefficient (Wildman–Crippen LogP) is 3.53. The molecule has 88 valence electrons. The maximum absolute atomic E-state index is 4.09. The van der Waals surface area contributed by atoms with E-state index in [9.17, 15) is 0 Å². The first kappa shape index (κ1) is 11.7. The van der Waals surface area contributed by atoms with E-state index in [0.717, 1.165) is 17.7 Å². The maximum atomic E-state index is 4.09. The first-order valence-corrected chi connectivity index (χ1v) is 5.90. The second-order valence-electron chi connectivity index (χ2n) is 4.66. The second-order valence-corrected chi connectivity index (χ2v) is 4.66. The van der Waals surface area contributed by atoms with E-state index >= 15 is 0 Å². The van der Waals surface area contributed by atoms with Crippen LogP contribution < -0.4 is 5.32 Å². The molecule has 0 radical (unpaired) electrons. The van der Waals surface area contributed by atoms with Crippen molar-refractivity contribution >= 4 is 5.57 Å². The van der Waals surface area contributed by atoms with Crippen LogP contribution >= 0.6 is 0 Å². The summed E-state index contributed by atoms with van der Waals surface area (Å²) < 4.78 is 0. The minimum atomic E-state index is 0.941. The van der Waals surface area contributed by atoms with Gasteiger partial charge in [-0.25, -0.2) is 0 Å². The molecule has 0 amide bonds. The molecule has 2 rings (SSSR count). The first-order valence-electron chi connectivity index (χ1n) is 5.90. The molecule has 1 aliphatic rings. The Bertz CT molecular complexity index is 533. The lowest BCUT2D eigenvalue weighted by Gasteiger charge is -2.23. The number of hydrogen-bond donors (Lipinski definition) is 1. The summed E-state index contributed by atoms with van der Waals surface area (Å²) in [6.45, 7) is 12.5. The highest BCUT2D eigenvalue weighted by Gasteiger charge is 2.18. The van der Waals surface area contributed by atoms with Crippen molar-refractivity contribution in [2.75, 3.05) is 7.05 Å². The van der Waals surface area contributed by atoms with Crippen LogP contribution in [-0.4, -0.2) is 7.05 Å². The van der Waals surface area contributed by atoms with Crippen molar-refractivity contribution in [2.24, 2.45) is 0 Å². The van der Waals surface area contributed by atoms with Crippen molar-refractivity contribution in [1.82, 2.24) is 5.32 Å². The molecule has 17 heavy (non-hydrogen) atoms. The predicted molar refractivity (Wildman–Crippen MR) is 74.9 cm³/mol. The molecule has 1 aliphatic carbocycles. The van der Waals surface area contributed by atoms with Crippen LogP contribution in [0.5, 0.6) is 0 Å². The SMILES string of the molecule is C=C1C=C(C(=C)NC)c2c(ccc(C)c2C)C1. The quantitative estimate of drug-likeness (QED) is 0.812.